The SMILES string of the molecule is C=Cc1c[c-]c2c(c1)-c1cc(C=C)ccc1C2.CC(C)(C)c1cc[cH-]c1.CC(C)(C)c1ccc([C](=[Zr+2])c2ccc(C(C)(C)C)cc2)cc1.[Cl-].[Cl-]. The van der Waals surface area contributed by atoms with Gasteiger partial charge in [-0.15, -0.1) is 23.8 Å². The van der Waals surface area contributed by atoms with Crippen LogP contribution in [0.25, 0.3) is 23.3 Å². The van der Waals surface area contributed by atoms with Gasteiger partial charge < -0.3 is 24.8 Å². The van der Waals surface area contributed by atoms with Crippen LogP contribution in [0.2, 0.25) is 0 Å². The average molecular weight is 779 g/mol. The third kappa shape index (κ3) is 11.3. The average Bonchev–Trinajstić information content (AvgIpc) is 3.73. The molecule has 260 valence electrons. The second kappa shape index (κ2) is 18.0. The number of fused-ring (bicyclic) bond motifs is 3. The molecule has 5 aromatic carbocycles. The first kappa shape index (κ1) is 43.2. The maximum absolute atomic E-state index is 3.82. The molecular formula is C47H52Cl2Zr-2. The normalized spacial score (nSPS) is 11.6. The van der Waals surface area contributed by atoms with Gasteiger partial charge in [0, 0.05) is 0 Å². The van der Waals surface area contributed by atoms with Crippen LogP contribution in [0.15, 0.2) is 116 Å². The molecule has 0 N–H and O–H groups in total. The van der Waals surface area contributed by atoms with Crippen LogP contribution in [0.5, 0.6) is 0 Å². The molecule has 1 aliphatic carbocycles. The zero-order valence-electron chi connectivity index (χ0n) is 31.3. The Hall–Kier alpha value is -2.96. The van der Waals surface area contributed by atoms with Crippen LogP contribution in [0, 0.1) is 6.07 Å². The molecule has 3 heteroatoms. The molecule has 0 bridgehead atoms. The smallest absolute Gasteiger partial charge is 1.00 e. The quantitative estimate of drug-likeness (QED) is 0.181. The van der Waals surface area contributed by atoms with Gasteiger partial charge in [0.25, 0.3) is 0 Å². The van der Waals surface area contributed by atoms with Crippen molar-refractivity contribution < 1.29 is 49.0 Å². The second-order valence-corrected chi connectivity index (χ2v) is 17.0. The molecule has 1 aliphatic rings. The van der Waals surface area contributed by atoms with Gasteiger partial charge in [-0.25, -0.2) is 6.07 Å². The summed E-state index contributed by atoms with van der Waals surface area (Å²) < 4.78 is 1.42. The van der Waals surface area contributed by atoms with E-state index in [1.807, 2.05) is 18.2 Å². The van der Waals surface area contributed by atoms with Gasteiger partial charge in [-0.05, 0) is 12.0 Å². The van der Waals surface area contributed by atoms with Crippen molar-refractivity contribution >= 4 is 15.4 Å². The molecule has 5 aromatic rings. The zero-order valence-corrected chi connectivity index (χ0v) is 35.3. The molecule has 0 fully saturated rings. The van der Waals surface area contributed by atoms with Crippen molar-refractivity contribution in [1.82, 2.24) is 0 Å². The van der Waals surface area contributed by atoms with Crippen LogP contribution in [0.3, 0.4) is 0 Å². The molecule has 50 heavy (non-hydrogen) atoms. The fraction of sp³-hybridized carbons (Fsp3) is 0.277. The number of halogens is 2. The first-order valence-electron chi connectivity index (χ1n) is 17.0. The van der Waals surface area contributed by atoms with E-state index in [9.17, 15) is 0 Å². The molecular weight excluding hydrogens is 727 g/mol. The molecule has 0 aromatic heterocycles. The third-order valence-corrected chi connectivity index (χ3v) is 10.3. The number of rotatable bonds is 4. The summed E-state index contributed by atoms with van der Waals surface area (Å²) in [6, 6.07) is 40.7. The summed E-state index contributed by atoms with van der Waals surface area (Å²) in [5.41, 5.74) is 15.2. The Morgan fingerprint density at radius 3 is 1.52 bits per heavy atom. The predicted molar refractivity (Wildman–Crippen MR) is 208 cm³/mol. The molecule has 0 radical (unpaired) electrons. The summed E-state index contributed by atoms with van der Waals surface area (Å²) in [6.45, 7) is 27.9. The standard InChI is InChI=1S/C21H26.C17H13.C9H13.2ClH.Zr/c1-20(2,3)18-11-7-16(8-12-18)15-17-9-13-19(14-10-17)21(4,5)6;1-3-12-5-7-14-11-15-8-6-13(4-2)10-17(15)16(14)9-12;1-9(2,3)8-6-4-5-7-8;;;/h7-14H,1-6H3;3-7,9-10H,1-2,11H2;4-7H,1-3H3;2*1H;/q;2*-1;;;+2/p-2. The summed E-state index contributed by atoms with van der Waals surface area (Å²) in [6.07, 6.45) is 4.74. The minimum atomic E-state index is 0. The Bertz CT molecular complexity index is 1740. The molecule has 0 nitrogen and oxygen atoms in total. The van der Waals surface area contributed by atoms with Crippen LogP contribution < -0.4 is 24.8 Å². The molecule has 0 saturated carbocycles. The predicted octanol–water partition coefficient (Wildman–Crippen LogP) is 6.45. The van der Waals surface area contributed by atoms with Crippen LogP contribution in [0.1, 0.15) is 112 Å². The third-order valence-electron chi connectivity index (χ3n) is 8.92. The van der Waals surface area contributed by atoms with Crippen molar-refractivity contribution in [3.63, 3.8) is 0 Å². The van der Waals surface area contributed by atoms with Crippen LogP contribution >= 0.6 is 0 Å². The monoisotopic (exact) mass is 776 g/mol. The van der Waals surface area contributed by atoms with Crippen molar-refractivity contribution in [3.05, 3.63) is 172 Å². The van der Waals surface area contributed by atoms with Crippen LogP contribution in [-0.4, -0.2) is 3.21 Å². The molecule has 0 saturated heterocycles. The van der Waals surface area contributed by atoms with Crippen LogP contribution in [0.4, 0.5) is 0 Å². The number of hydrogen-bond donors (Lipinski definition) is 0. The van der Waals surface area contributed by atoms with E-state index in [4.69, 9.17) is 0 Å². The van der Waals surface area contributed by atoms with E-state index in [1.165, 1.54) is 83.1 Å². The topological polar surface area (TPSA) is 0 Å². The van der Waals surface area contributed by atoms with E-state index in [2.05, 4.69) is 179 Å². The minimum Gasteiger partial charge on any atom is -1.00 e. The summed E-state index contributed by atoms with van der Waals surface area (Å²) in [7, 11) is 0. The van der Waals surface area contributed by atoms with Crippen molar-refractivity contribution in [1.29, 1.82) is 0 Å². The van der Waals surface area contributed by atoms with Gasteiger partial charge >= 0.3 is 151 Å². The largest absolute Gasteiger partial charge is 1.00 e. The molecule has 0 heterocycles. The van der Waals surface area contributed by atoms with E-state index in [1.54, 1.807) is 0 Å². The van der Waals surface area contributed by atoms with Crippen molar-refractivity contribution in [2.45, 2.75) is 85.0 Å². The first-order valence-corrected chi connectivity index (χ1v) is 18.2. The van der Waals surface area contributed by atoms with E-state index >= 15 is 0 Å². The molecule has 6 rings (SSSR count). The number of hydrogen-bond acceptors (Lipinski definition) is 0. The summed E-state index contributed by atoms with van der Waals surface area (Å²) >= 11 is 1.46. The Balaban J connectivity index is 0.000000275. The fourth-order valence-corrected chi connectivity index (χ4v) is 6.50. The summed E-state index contributed by atoms with van der Waals surface area (Å²) in [5, 5.41) is 0. The Morgan fingerprint density at radius 1 is 0.640 bits per heavy atom. The second-order valence-electron chi connectivity index (χ2n) is 15.8. The van der Waals surface area contributed by atoms with E-state index < -0.39 is 0 Å². The minimum absolute atomic E-state index is 0. The maximum atomic E-state index is 3.82. The molecule has 0 spiro atoms. The van der Waals surface area contributed by atoms with E-state index in [-0.39, 0.29) is 35.6 Å². The zero-order chi connectivity index (χ0) is 35.3. The Morgan fingerprint density at radius 2 is 1.12 bits per heavy atom. The van der Waals surface area contributed by atoms with E-state index in [0.29, 0.717) is 5.41 Å². The summed E-state index contributed by atoms with van der Waals surface area (Å²) in [4.78, 5) is 0. The van der Waals surface area contributed by atoms with Gasteiger partial charge in [-0.3, -0.25) is 0 Å². The van der Waals surface area contributed by atoms with Crippen molar-refractivity contribution in [2.24, 2.45) is 0 Å². The van der Waals surface area contributed by atoms with Crippen molar-refractivity contribution in [2.75, 3.05) is 0 Å². The summed E-state index contributed by atoms with van der Waals surface area (Å²) in [5.74, 6) is 0. The molecule has 0 amide bonds. The van der Waals surface area contributed by atoms with Gasteiger partial charge in [-0.1, -0.05) is 68.2 Å². The number of benzene rings is 4. The first-order chi connectivity index (χ1) is 22.5. The maximum Gasteiger partial charge on any atom is -1.00 e. The van der Waals surface area contributed by atoms with Crippen molar-refractivity contribution in [3.8, 4) is 11.1 Å². The van der Waals surface area contributed by atoms with Gasteiger partial charge in [0.1, 0.15) is 0 Å². The van der Waals surface area contributed by atoms with Gasteiger partial charge in [-0.2, -0.15) is 47.5 Å². The molecule has 0 aliphatic heterocycles. The fourth-order valence-electron chi connectivity index (χ4n) is 5.68. The Labute approximate surface area is 330 Å². The molecule has 0 unspecified atom stereocenters. The Kier molecular flexibility index (Phi) is 15.6. The van der Waals surface area contributed by atoms with Gasteiger partial charge in [0.15, 0.2) is 0 Å². The van der Waals surface area contributed by atoms with Crippen LogP contribution in [-0.2, 0) is 46.9 Å². The van der Waals surface area contributed by atoms with Gasteiger partial charge in [0.2, 0.25) is 0 Å². The molecule has 0 atom stereocenters. The van der Waals surface area contributed by atoms with Gasteiger partial charge in [0.05, 0.1) is 0 Å². The van der Waals surface area contributed by atoms with E-state index in [0.717, 1.165) is 12.0 Å².